The van der Waals surface area contributed by atoms with E-state index in [0.29, 0.717) is 23.6 Å². The maximum atomic E-state index is 11.0. The average molecular weight is 308 g/mol. The number of nitro groups is 1. The van der Waals surface area contributed by atoms with Crippen molar-refractivity contribution in [2.45, 2.75) is 46.0 Å². The summed E-state index contributed by atoms with van der Waals surface area (Å²) in [6, 6.07) is 1.76. The third-order valence-corrected chi connectivity index (χ3v) is 3.40. The zero-order valence-electron chi connectivity index (χ0n) is 13.7. The SMILES string of the molecule is CCCCCc1nc(OC)c(/C=C(\CC)[N+](=O)[O-])cc1OC. The number of unbranched alkanes of at least 4 members (excludes halogenated alkanes) is 2. The lowest BCUT2D eigenvalue weighted by Crippen LogP contribution is -2.02. The molecule has 0 N–H and O–H groups in total. The number of nitrogens with zero attached hydrogens (tertiary/aromatic N) is 2. The Morgan fingerprint density at radius 1 is 1.32 bits per heavy atom. The first-order valence-electron chi connectivity index (χ1n) is 7.54. The number of hydrogen-bond acceptors (Lipinski definition) is 5. The normalized spacial score (nSPS) is 11.4. The van der Waals surface area contributed by atoms with Crippen LogP contribution >= 0.6 is 0 Å². The highest BCUT2D eigenvalue weighted by atomic mass is 16.6. The van der Waals surface area contributed by atoms with Crippen LogP contribution in [-0.2, 0) is 6.42 Å². The van der Waals surface area contributed by atoms with E-state index in [1.165, 1.54) is 13.2 Å². The summed E-state index contributed by atoms with van der Waals surface area (Å²) in [6.07, 6.45) is 5.89. The number of rotatable bonds is 9. The Bertz CT molecular complexity index is 541. The molecular formula is C16H24N2O4. The molecule has 0 aliphatic rings. The highest BCUT2D eigenvalue weighted by Gasteiger charge is 2.15. The first kappa shape index (κ1) is 17.9. The Morgan fingerprint density at radius 3 is 2.55 bits per heavy atom. The van der Waals surface area contributed by atoms with E-state index in [2.05, 4.69) is 11.9 Å². The van der Waals surface area contributed by atoms with Crippen LogP contribution in [0.15, 0.2) is 11.8 Å². The number of aryl methyl sites for hydroxylation is 1. The lowest BCUT2D eigenvalue weighted by Gasteiger charge is -2.12. The third kappa shape index (κ3) is 4.72. The van der Waals surface area contributed by atoms with Gasteiger partial charge in [0.2, 0.25) is 11.6 Å². The molecule has 0 saturated heterocycles. The van der Waals surface area contributed by atoms with Gasteiger partial charge in [-0.05, 0) is 18.9 Å². The second-order valence-electron chi connectivity index (χ2n) is 4.94. The van der Waals surface area contributed by atoms with Gasteiger partial charge in [0.1, 0.15) is 5.75 Å². The van der Waals surface area contributed by atoms with Crippen LogP contribution in [0.2, 0.25) is 0 Å². The second-order valence-corrected chi connectivity index (χ2v) is 4.94. The lowest BCUT2D eigenvalue weighted by molar-refractivity contribution is -0.425. The molecule has 0 aliphatic carbocycles. The summed E-state index contributed by atoms with van der Waals surface area (Å²) in [5, 5.41) is 11.0. The molecule has 1 rings (SSSR count). The topological polar surface area (TPSA) is 74.5 Å². The molecule has 0 aliphatic heterocycles. The first-order valence-corrected chi connectivity index (χ1v) is 7.54. The van der Waals surface area contributed by atoms with Crippen molar-refractivity contribution in [3.05, 3.63) is 33.1 Å². The van der Waals surface area contributed by atoms with Gasteiger partial charge in [0, 0.05) is 18.1 Å². The minimum atomic E-state index is -0.388. The Kier molecular flexibility index (Phi) is 7.36. The van der Waals surface area contributed by atoms with Crippen molar-refractivity contribution < 1.29 is 14.4 Å². The van der Waals surface area contributed by atoms with Crippen LogP contribution in [0.3, 0.4) is 0 Å². The van der Waals surface area contributed by atoms with Crippen LogP contribution in [-0.4, -0.2) is 24.1 Å². The van der Waals surface area contributed by atoms with Gasteiger partial charge in [0.25, 0.3) is 0 Å². The summed E-state index contributed by atoms with van der Waals surface area (Å²) in [7, 11) is 3.09. The molecule has 0 saturated carbocycles. The molecule has 1 aromatic rings. The smallest absolute Gasteiger partial charge is 0.246 e. The predicted octanol–water partition coefficient (Wildman–Crippen LogP) is 3.86. The fourth-order valence-electron chi connectivity index (χ4n) is 2.16. The third-order valence-electron chi connectivity index (χ3n) is 3.40. The number of methoxy groups -OCH3 is 2. The molecule has 1 aromatic heterocycles. The van der Waals surface area contributed by atoms with Crippen molar-refractivity contribution in [2.24, 2.45) is 0 Å². The summed E-state index contributed by atoms with van der Waals surface area (Å²) in [5.74, 6) is 1.03. The molecule has 1 heterocycles. The molecule has 22 heavy (non-hydrogen) atoms. The zero-order valence-corrected chi connectivity index (χ0v) is 13.7. The molecule has 0 aromatic carbocycles. The number of pyridine rings is 1. The molecule has 0 spiro atoms. The Morgan fingerprint density at radius 2 is 2.05 bits per heavy atom. The molecule has 0 bridgehead atoms. The van der Waals surface area contributed by atoms with E-state index < -0.39 is 0 Å². The molecule has 0 amide bonds. The highest BCUT2D eigenvalue weighted by molar-refractivity contribution is 5.59. The standard InChI is InChI=1S/C16H24N2O4/c1-5-7-8-9-14-15(21-3)11-12(16(17-14)22-4)10-13(6-2)18(19)20/h10-11H,5-9H2,1-4H3/b13-10+. The van der Waals surface area contributed by atoms with Gasteiger partial charge >= 0.3 is 0 Å². The molecule has 122 valence electrons. The minimum Gasteiger partial charge on any atom is -0.495 e. The molecule has 6 nitrogen and oxygen atoms in total. The summed E-state index contributed by atoms with van der Waals surface area (Å²) in [6.45, 7) is 3.88. The van der Waals surface area contributed by atoms with E-state index in [4.69, 9.17) is 9.47 Å². The molecule has 6 heteroatoms. The number of ether oxygens (including phenoxy) is 2. The van der Waals surface area contributed by atoms with Crippen LogP contribution in [0.25, 0.3) is 6.08 Å². The fraction of sp³-hybridized carbons (Fsp3) is 0.562. The Hall–Kier alpha value is -2.11. The van der Waals surface area contributed by atoms with Crippen molar-refractivity contribution in [3.63, 3.8) is 0 Å². The van der Waals surface area contributed by atoms with Crippen LogP contribution in [0, 0.1) is 10.1 Å². The van der Waals surface area contributed by atoms with Gasteiger partial charge in [-0.3, -0.25) is 10.1 Å². The first-order chi connectivity index (χ1) is 10.6. The van der Waals surface area contributed by atoms with E-state index in [1.807, 2.05) is 0 Å². The van der Waals surface area contributed by atoms with Gasteiger partial charge in [-0.15, -0.1) is 0 Å². The Labute approximate surface area is 131 Å². The second kappa shape index (κ2) is 9.02. The highest BCUT2D eigenvalue weighted by Crippen LogP contribution is 2.28. The maximum Gasteiger partial charge on any atom is 0.246 e. The lowest BCUT2D eigenvalue weighted by atomic mass is 10.1. The summed E-state index contributed by atoms with van der Waals surface area (Å²) < 4.78 is 10.7. The van der Waals surface area contributed by atoms with Crippen molar-refractivity contribution in [2.75, 3.05) is 14.2 Å². The molecule has 0 fully saturated rings. The monoisotopic (exact) mass is 308 g/mol. The molecular weight excluding hydrogens is 284 g/mol. The predicted molar refractivity (Wildman–Crippen MR) is 85.8 cm³/mol. The van der Waals surface area contributed by atoms with Crippen molar-refractivity contribution >= 4 is 6.08 Å². The minimum absolute atomic E-state index is 0.112. The average Bonchev–Trinajstić information content (AvgIpc) is 2.52. The van der Waals surface area contributed by atoms with Crippen LogP contribution in [0.1, 0.15) is 50.8 Å². The molecule has 0 radical (unpaired) electrons. The number of hydrogen-bond donors (Lipinski definition) is 0. The molecule has 0 atom stereocenters. The van der Waals surface area contributed by atoms with Crippen LogP contribution < -0.4 is 9.47 Å². The largest absolute Gasteiger partial charge is 0.495 e. The summed E-state index contributed by atoms with van der Waals surface area (Å²) >= 11 is 0. The maximum absolute atomic E-state index is 11.0. The number of aromatic nitrogens is 1. The van der Waals surface area contributed by atoms with Gasteiger partial charge in [-0.25, -0.2) is 4.98 Å². The van der Waals surface area contributed by atoms with Gasteiger partial charge in [-0.2, -0.15) is 0 Å². The van der Waals surface area contributed by atoms with Gasteiger partial charge in [0.05, 0.1) is 24.8 Å². The summed E-state index contributed by atoms with van der Waals surface area (Å²) in [5.41, 5.74) is 1.50. The van der Waals surface area contributed by atoms with Crippen molar-refractivity contribution in [1.29, 1.82) is 0 Å². The van der Waals surface area contributed by atoms with Crippen molar-refractivity contribution in [1.82, 2.24) is 4.98 Å². The summed E-state index contributed by atoms with van der Waals surface area (Å²) in [4.78, 5) is 15.1. The van der Waals surface area contributed by atoms with Gasteiger partial charge in [0.15, 0.2) is 0 Å². The van der Waals surface area contributed by atoms with E-state index in [0.717, 1.165) is 31.4 Å². The number of allylic oxidation sites excluding steroid dienone is 1. The van der Waals surface area contributed by atoms with Gasteiger partial charge < -0.3 is 9.47 Å². The molecule has 0 unspecified atom stereocenters. The fourth-order valence-corrected chi connectivity index (χ4v) is 2.16. The zero-order chi connectivity index (χ0) is 16.5. The Balaban J connectivity index is 3.21. The van der Waals surface area contributed by atoms with Crippen molar-refractivity contribution in [3.8, 4) is 11.6 Å². The van der Waals surface area contributed by atoms with Crippen LogP contribution in [0.5, 0.6) is 11.6 Å². The van der Waals surface area contributed by atoms with E-state index in [-0.39, 0.29) is 10.6 Å². The van der Waals surface area contributed by atoms with E-state index in [1.54, 1.807) is 20.1 Å². The van der Waals surface area contributed by atoms with Crippen LogP contribution in [0.4, 0.5) is 0 Å². The van der Waals surface area contributed by atoms with Gasteiger partial charge in [-0.1, -0.05) is 26.7 Å². The van der Waals surface area contributed by atoms with E-state index in [9.17, 15) is 10.1 Å². The van der Waals surface area contributed by atoms with E-state index >= 15 is 0 Å². The quantitative estimate of drug-likeness (QED) is 0.393.